The molecule has 0 saturated heterocycles. The largest absolute Gasteiger partial charge is 0.507 e. The van der Waals surface area contributed by atoms with Crippen molar-refractivity contribution in [2.45, 2.75) is 12.8 Å². The molecule has 2 heterocycles. The van der Waals surface area contributed by atoms with Crippen LogP contribution >= 0.6 is 0 Å². The summed E-state index contributed by atoms with van der Waals surface area (Å²) < 4.78 is 17.2. The summed E-state index contributed by atoms with van der Waals surface area (Å²) in [6, 6.07) is 25.6. The Balaban J connectivity index is 1.63. The molecular weight excluding hydrogens is 488 g/mol. The summed E-state index contributed by atoms with van der Waals surface area (Å²) in [6.45, 7) is 0. The minimum absolute atomic E-state index is 0.207. The molecule has 6 heteroatoms. The van der Waals surface area contributed by atoms with E-state index < -0.39 is 0 Å². The highest BCUT2D eigenvalue weighted by molar-refractivity contribution is 5.89. The highest BCUT2D eigenvalue weighted by atomic mass is 16.5. The number of phenolic OH excluding ortho intramolecular Hbond substituents is 1. The van der Waals surface area contributed by atoms with Gasteiger partial charge in [0.15, 0.2) is 11.5 Å². The summed E-state index contributed by atoms with van der Waals surface area (Å²) in [7, 11) is 4.88. The molecule has 6 nitrogen and oxygen atoms in total. The lowest BCUT2D eigenvalue weighted by atomic mass is 9.82. The van der Waals surface area contributed by atoms with E-state index in [0.717, 1.165) is 52.2 Å². The van der Waals surface area contributed by atoms with Crippen LogP contribution in [0.25, 0.3) is 44.9 Å². The number of methoxy groups -OCH3 is 3. The Labute approximate surface area is 227 Å². The van der Waals surface area contributed by atoms with Gasteiger partial charge in [-0.05, 0) is 84.1 Å². The van der Waals surface area contributed by atoms with Gasteiger partial charge in [-0.3, -0.25) is 4.98 Å². The van der Waals surface area contributed by atoms with Crippen LogP contribution < -0.4 is 14.2 Å². The Bertz CT molecular complexity index is 1680. The maximum absolute atomic E-state index is 10.5. The van der Waals surface area contributed by atoms with Crippen molar-refractivity contribution in [3.05, 3.63) is 96.2 Å². The molecule has 0 amide bonds. The maximum atomic E-state index is 10.5. The number of aryl methyl sites for hydroxylation is 1. The zero-order valence-electron chi connectivity index (χ0n) is 22.1. The summed E-state index contributed by atoms with van der Waals surface area (Å²) in [4.78, 5) is 9.74. The molecule has 0 bridgehead atoms. The van der Waals surface area contributed by atoms with Crippen LogP contribution in [0.4, 0.5) is 0 Å². The highest BCUT2D eigenvalue weighted by Gasteiger charge is 2.26. The third-order valence-electron chi connectivity index (χ3n) is 7.26. The molecule has 0 spiro atoms. The molecule has 0 atom stereocenters. The van der Waals surface area contributed by atoms with Gasteiger partial charge < -0.3 is 19.3 Å². The van der Waals surface area contributed by atoms with Gasteiger partial charge in [-0.25, -0.2) is 4.98 Å². The Morgan fingerprint density at radius 1 is 0.667 bits per heavy atom. The second-order valence-corrected chi connectivity index (χ2v) is 9.37. The molecule has 0 aliphatic heterocycles. The van der Waals surface area contributed by atoms with Gasteiger partial charge in [0.05, 0.1) is 38.4 Å². The zero-order valence-corrected chi connectivity index (χ0v) is 22.1. The fraction of sp³-hybridized carbons (Fsp3) is 0.152. The van der Waals surface area contributed by atoms with Crippen molar-refractivity contribution in [1.82, 2.24) is 9.97 Å². The monoisotopic (exact) mass is 516 g/mol. The number of hydrogen-bond donors (Lipinski definition) is 1. The molecule has 5 aromatic rings. The van der Waals surface area contributed by atoms with Gasteiger partial charge in [0.2, 0.25) is 5.75 Å². The van der Waals surface area contributed by atoms with Crippen molar-refractivity contribution in [1.29, 1.82) is 0 Å². The lowest BCUT2D eigenvalue weighted by Crippen LogP contribution is -2.09. The first-order valence-corrected chi connectivity index (χ1v) is 12.8. The Morgan fingerprint density at radius 3 is 2.21 bits per heavy atom. The number of aromatic nitrogens is 2. The molecule has 194 valence electrons. The predicted molar refractivity (Wildman–Crippen MR) is 153 cm³/mol. The lowest BCUT2D eigenvalue weighted by molar-refractivity contribution is 0.325. The van der Waals surface area contributed by atoms with E-state index in [1.807, 2.05) is 54.6 Å². The SMILES string of the molecule is COc1ccc(-c2cc(-c3ccccn3)cc3c2CCc2ccc(-c4ccccc4O)nc2-3)c(OC)c1OC. The van der Waals surface area contributed by atoms with Gasteiger partial charge in [-0.1, -0.05) is 24.3 Å². The van der Waals surface area contributed by atoms with Crippen molar-refractivity contribution in [2.24, 2.45) is 0 Å². The van der Waals surface area contributed by atoms with E-state index >= 15 is 0 Å². The normalized spacial score (nSPS) is 11.9. The maximum Gasteiger partial charge on any atom is 0.203 e. The third kappa shape index (κ3) is 4.24. The van der Waals surface area contributed by atoms with Crippen molar-refractivity contribution < 1.29 is 19.3 Å². The quantitative estimate of drug-likeness (QED) is 0.263. The van der Waals surface area contributed by atoms with Gasteiger partial charge in [0.25, 0.3) is 0 Å². The molecule has 0 saturated carbocycles. The Kier molecular flexibility index (Phi) is 6.37. The number of hydrogen-bond acceptors (Lipinski definition) is 6. The minimum Gasteiger partial charge on any atom is -0.507 e. The summed E-state index contributed by atoms with van der Waals surface area (Å²) >= 11 is 0. The van der Waals surface area contributed by atoms with E-state index in [4.69, 9.17) is 19.2 Å². The van der Waals surface area contributed by atoms with E-state index in [1.54, 1.807) is 33.6 Å². The average molecular weight is 517 g/mol. The van der Waals surface area contributed by atoms with Crippen molar-refractivity contribution in [3.8, 4) is 67.9 Å². The second kappa shape index (κ2) is 10.1. The molecule has 39 heavy (non-hydrogen) atoms. The second-order valence-electron chi connectivity index (χ2n) is 9.37. The molecule has 1 N–H and O–H groups in total. The molecule has 6 rings (SSSR count). The van der Waals surface area contributed by atoms with Crippen molar-refractivity contribution in [3.63, 3.8) is 0 Å². The summed E-state index contributed by atoms with van der Waals surface area (Å²) in [6.07, 6.45) is 3.49. The lowest BCUT2D eigenvalue weighted by Gasteiger charge is -2.25. The summed E-state index contributed by atoms with van der Waals surface area (Å²) in [5.74, 6) is 1.97. The summed E-state index contributed by atoms with van der Waals surface area (Å²) in [5, 5.41) is 10.5. The van der Waals surface area contributed by atoms with Crippen molar-refractivity contribution in [2.75, 3.05) is 21.3 Å². The number of para-hydroxylation sites is 1. The molecule has 0 fully saturated rings. The number of pyridine rings is 2. The molecular formula is C33H28N2O4. The number of rotatable bonds is 6. The van der Waals surface area contributed by atoms with E-state index in [-0.39, 0.29) is 5.75 Å². The average Bonchev–Trinajstić information content (AvgIpc) is 3.00. The smallest absolute Gasteiger partial charge is 0.203 e. The molecule has 0 radical (unpaired) electrons. The van der Waals surface area contributed by atoms with Crippen LogP contribution in [0.3, 0.4) is 0 Å². The molecule has 1 aliphatic carbocycles. The number of fused-ring (bicyclic) bond motifs is 3. The third-order valence-corrected chi connectivity index (χ3v) is 7.26. The van der Waals surface area contributed by atoms with E-state index in [1.165, 1.54) is 11.1 Å². The summed E-state index contributed by atoms with van der Waals surface area (Å²) in [5.41, 5.74) is 9.52. The molecule has 0 unspecified atom stereocenters. The van der Waals surface area contributed by atoms with Crippen LogP contribution in [0.5, 0.6) is 23.0 Å². The van der Waals surface area contributed by atoms with E-state index in [0.29, 0.717) is 22.8 Å². The number of ether oxygens (including phenoxy) is 3. The van der Waals surface area contributed by atoms with E-state index in [2.05, 4.69) is 23.2 Å². The minimum atomic E-state index is 0.207. The van der Waals surface area contributed by atoms with Crippen LogP contribution in [0, 0.1) is 0 Å². The molecule has 2 aromatic heterocycles. The highest BCUT2D eigenvalue weighted by Crippen LogP contribution is 2.48. The van der Waals surface area contributed by atoms with Crippen LogP contribution in [0.2, 0.25) is 0 Å². The zero-order chi connectivity index (χ0) is 26.9. The van der Waals surface area contributed by atoms with Gasteiger partial charge >= 0.3 is 0 Å². The Hall–Kier alpha value is -4.84. The molecule has 3 aromatic carbocycles. The van der Waals surface area contributed by atoms with Crippen LogP contribution in [-0.2, 0) is 12.8 Å². The van der Waals surface area contributed by atoms with Gasteiger partial charge in [-0.2, -0.15) is 0 Å². The fourth-order valence-electron chi connectivity index (χ4n) is 5.41. The van der Waals surface area contributed by atoms with Crippen LogP contribution in [0.15, 0.2) is 85.1 Å². The first-order valence-electron chi connectivity index (χ1n) is 12.8. The standard InChI is InChI=1S/C33H28N2O4/c1-37-30-16-14-23(32(38-2)33(30)39-3)25-18-21(27-9-6-7-17-34-27)19-26-22(25)13-11-20-12-15-28(35-31(20)26)24-8-4-5-10-29(24)36/h4-10,12,14-19,36H,11,13H2,1-3H3. The Morgan fingerprint density at radius 2 is 1.46 bits per heavy atom. The van der Waals surface area contributed by atoms with Crippen LogP contribution in [-0.4, -0.2) is 36.4 Å². The van der Waals surface area contributed by atoms with Gasteiger partial charge in [-0.15, -0.1) is 0 Å². The first-order chi connectivity index (χ1) is 19.1. The number of nitrogens with zero attached hydrogens (tertiary/aromatic N) is 2. The first kappa shape index (κ1) is 24.5. The van der Waals surface area contributed by atoms with Crippen molar-refractivity contribution >= 4 is 0 Å². The number of aromatic hydroxyl groups is 1. The van der Waals surface area contributed by atoms with Gasteiger partial charge in [0.1, 0.15) is 5.75 Å². The fourth-order valence-corrected chi connectivity index (χ4v) is 5.41. The number of phenols is 1. The topological polar surface area (TPSA) is 73.7 Å². The number of benzene rings is 3. The van der Waals surface area contributed by atoms with Gasteiger partial charge in [0, 0.05) is 28.5 Å². The predicted octanol–water partition coefficient (Wildman–Crippen LogP) is 6.97. The van der Waals surface area contributed by atoms with Crippen LogP contribution in [0.1, 0.15) is 11.1 Å². The van der Waals surface area contributed by atoms with E-state index in [9.17, 15) is 5.11 Å². The molecule has 1 aliphatic rings.